The number of benzene rings is 1. The van der Waals surface area contributed by atoms with Crippen LogP contribution in [0.4, 0.5) is 5.69 Å². The number of rotatable bonds is 4. The number of carbonyl (C=O) groups is 2. The molecular weight excluding hydrogens is 324 g/mol. The number of halogens is 1. The van der Waals surface area contributed by atoms with Crippen molar-refractivity contribution in [3.8, 4) is 0 Å². The van der Waals surface area contributed by atoms with Crippen LogP contribution in [0.5, 0.6) is 0 Å². The molecule has 0 aliphatic carbocycles. The molecule has 2 rings (SSSR count). The van der Waals surface area contributed by atoms with Gasteiger partial charge in [-0.1, -0.05) is 22.0 Å². The molecule has 1 aromatic rings. The highest BCUT2D eigenvalue weighted by molar-refractivity contribution is 9.10. The summed E-state index contributed by atoms with van der Waals surface area (Å²) in [4.78, 5) is 23.4. The maximum atomic E-state index is 11.7. The average Bonchev–Trinajstić information content (AvgIpc) is 2.94. The Morgan fingerprint density at radius 2 is 2.25 bits per heavy atom. The van der Waals surface area contributed by atoms with E-state index in [1.54, 1.807) is 0 Å². The molecule has 0 radical (unpaired) electrons. The number of aryl methyl sites for hydroxylation is 1. The van der Waals surface area contributed by atoms with Gasteiger partial charge in [-0.25, -0.2) is 0 Å². The zero-order chi connectivity index (χ0) is 14.5. The van der Waals surface area contributed by atoms with Gasteiger partial charge in [0.05, 0.1) is 6.54 Å². The van der Waals surface area contributed by atoms with Crippen LogP contribution in [0.2, 0.25) is 0 Å². The lowest BCUT2D eigenvalue weighted by atomic mass is 10.2. The van der Waals surface area contributed by atoms with Crippen molar-refractivity contribution in [1.29, 1.82) is 0 Å². The summed E-state index contributed by atoms with van der Waals surface area (Å²) in [6, 6.07) is 5.56. The number of hydrogen-bond acceptors (Lipinski definition) is 3. The summed E-state index contributed by atoms with van der Waals surface area (Å²) in [5.41, 5.74) is 1.79. The highest BCUT2D eigenvalue weighted by Crippen LogP contribution is 2.20. The predicted molar refractivity (Wildman–Crippen MR) is 79.5 cm³/mol. The first kappa shape index (κ1) is 15.0. The van der Waals surface area contributed by atoms with Crippen LogP contribution in [-0.4, -0.2) is 31.1 Å². The Bertz CT molecular complexity index is 513. The van der Waals surface area contributed by atoms with Crippen LogP contribution in [0.1, 0.15) is 18.4 Å². The van der Waals surface area contributed by atoms with Crippen LogP contribution in [-0.2, 0) is 14.3 Å². The van der Waals surface area contributed by atoms with Gasteiger partial charge in [0.2, 0.25) is 11.8 Å². The minimum atomic E-state index is -0.406. The molecule has 1 aliphatic heterocycles. The third-order valence-corrected chi connectivity index (χ3v) is 3.96. The first-order valence-electron chi connectivity index (χ1n) is 6.51. The monoisotopic (exact) mass is 340 g/mol. The van der Waals surface area contributed by atoms with E-state index in [4.69, 9.17) is 4.74 Å². The number of carbonyl (C=O) groups excluding carboxylic acids is 2. The van der Waals surface area contributed by atoms with Crippen LogP contribution >= 0.6 is 15.9 Å². The lowest BCUT2D eigenvalue weighted by Crippen LogP contribution is -2.39. The fourth-order valence-electron chi connectivity index (χ4n) is 1.94. The lowest BCUT2D eigenvalue weighted by molar-refractivity contribution is -0.131. The van der Waals surface area contributed by atoms with Crippen LogP contribution in [0.15, 0.2) is 22.7 Å². The molecule has 1 atom stereocenters. The Morgan fingerprint density at radius 1 is 1.45 bits per heavy atom. The predicted octanol–water partition coefficient (Wildman–Crippen LogP) is 1.99. The van der Waals surface area contributed by atoms with Crippen LogP contribution in [0, 0.1) is 6.92 Å². The molecule has 6 heteroatoms. The second-order valence-corrected chi connectivity index (χ2v) is 5.59. The van der Waals surface area contributed by atoms with Gasteiger partial charge < -0.3 is 15.4 Å². The van der Waals surface area contributed by atoms with Crippen molar-refractivity contribution in [3.05, 3.63) is 28.2 Å². The highest BCUT2D eigenvalue weighted by atomic mass is 79.9. The molecule has 0 aromatic heterocycles. The van der Waals surface area contributed by atoms with Gasteiger partial charge in [0.15, 0.2) is 0 Å². The number of nitrogens with one attached hydrogen (secondary N) is 2. The Kier molecular flexibility index (Phi) is 5.14. The normalized spacial score (nSPS) is 17.8. The van der Waals surface area contributed by atoms with E-state index in [0.717, 1.165) is 22.9 Å². The first-order valence-corrected chi connectivity index (χ1v) is 7.31. The van der Waals surface area contributed by atoms with Gasteiger partial charge >= 0.3 is 0 Å². The van der Waals surface area contributed by atoms with E-state index >= 15 is 0 Å². The zero-order valence-corrected chi connectivity index (χ0v) is 12.8. The average molecular weight is 341 g/mol. The first-order chi connectivity index (χ1) is 9.56. The summed E-state index contributed by atoms with van der Waals surface area (Å²) in [5.74, 6) is -0.477. The smallest absolute Gasteiger partial charge is 0.249 e. The Labute approximate surface area is 126 Å². The SMILES string of the molecule is Cc1ccc(NC(=O)CNC(=O)C2CCCO2)cc1Br. The second-order valence-electron chi connectivity index (χ2n) is 4.73. The van der Waals surface area contributed by atoms with Gasteiger partial charge in [0, 0.05) is 16.8 Å². The Morgan fingerprint density at radius 3 is 2.90 bits per heavy atom. The standard InChI is InChI=1S/C14H17BrN2O3/c1-9-4-5-10(7-11(9)15)17-13(18)8-16-14(19)12-3-2-6-20-12/h4-5,7,12H,2-3,6,8H2,1H3,(H,16,19)(H,17,18). The summed E-state index contributed by atoms with van der Waals surface area (Å²) in [6.07, 6.45) is 1.20. The second kappa shape index (κ2) is 6.85. The van der Waals surface area contributed by atoms with Gasteiger partial charge in [-0.3, -0.25) is 9.59 Å². The molecule has 0 spiro atoms. The third kappa shape index (κ3) is 4.05. The van der Waals surface area contributed by atoms with E-state index in [1.807, 2.05) is 25.1 Å². The molecule has 2 amide bonds. The van der Waals surface area contributed by atoms with Gasteiger partial charge in [0.1, 0.15) is 6.10 Å². The summed E-state index contributed by atoms with van der Waals surface area (Å²) in [7, 11) is 0. The van der Waals surface area contributed by atoms with Crippen LogP contribution in [0.25, 0.3) is 0 Å². The van der Waals surface area contributed by atoms with E-state index in [9.17, 15) is 9.59 Å². The van der Waals surface area contributed by atoms with E-state index in [1.165, 1.54) is 0 Å². The number of amides is 2. The molecule has 1 saturated heterocycles. The summed E-state index contributed by atoms with van der Waals surface area (Å²) >= 11 is 3.41. The van der Waals surface area contributed by atoms with Crippen molar-refractivity contribution < 1.29 is 14.3 Å². The molecular formula is C14H17BrN2O3. The molecule has 1 heterocycles. The zero-order valence-electron chi connectivity index (χ0n) is 11.2. The molecule has 1 unspecified atom stereocenters. The van der Waals surface area contributed by atoms with E-state index < -0.39 is 6.10 Å². The summed E-state index contributed by atoms with van der Waals surface area (Å²) < 4.78 is 6.17. The number of anilines is 1. The third-order valence-electron chi connectivity index (χ3n) is 3.10. The van der Waals surface area contributed by atoms with E-state index in [2.05, 4.69) is 26.6 Å². The van der Waals surface area contributed by atoms with Gasteiger partial charge in [-0.05, 0) is 37.5 Å². The van der Waals surface area contributed by atoms with E-state index in [0.29, 0.717) is 12.3 Å². The van der Waals surface area contributed by atoms with Crippen molar-refractivity contribution in [2.24, 2.45) is 0 Å². The lowest BCUT2D eigenvalue weighted by Gasteiger charge is -2.11. The molecule has 1 fully saturated rings. The summed E-state index contributed by atoms with van der Waals surface area (Å²) in [5, 5.41) is 5.31. The van der Waals surface area contributed by atoms with E-state index in [-0.39, 0.29) is 18.4 Å². The summed E-state index contributed by atoms with van der Waals surface area (Å²) in [6.45, 7) is 2.53. The molecule has 0 bridgehead atoms. The molecule has 20 heavy (non-hydrogen) atoms. The number of hydrogen-bond donors (Lipinski definition) is 2. The fourth-order valence-corrected chi connectivity index (χ4v) is 2.32. The quantitative estimate of drug-likeness (QED) is 0.880. The van der Waals surface area contributed by atoms with Crippen LogP contribution < -0.4 is 10.6 Å². The molecule has 1 aliphatic rings. The molecule has 2 N–H and O–H groups in total. The van der Waals surface area contributed by atoms with Crippen molar-refractivity contribution in [3.63, 3.8) is 0 Å². The molecule has 1 aromatic carbocycles. The van der Waals surface area contributed by atoms with Crippen LogP contribution in [0.3, 0.4) is 0 Å². The van der Waals surface area contributed by atoms with Gasteiger partial charge in [-0.2, -0.15) is 0 Å². The molecule has 0 saturated carbocycles. The minimum Gasteiger partial charge on any atom is -0.368 e. The number of ether oxygens (including phenoxy) is 1. The topological polar surface area (TPSA) is 67.4 Å². The van der Waals surface area contributed by atoms with Crippen molar-refractivity contribution in [2.45, 2.75) is 25.9 Å². The van der Waals surface area contributed by atoms with Gasteiger partial charge in [0.25, 0.3) is 0 Å². The Hall–Kier alpha value is -1.40. The maximum absolute atomic E-state index is 11.7. The van der Waals surface area contributed by atoms with Crippen molar-refractivity contribution >= 4 is 33.4 Å². The van der Waals surface area contributed by atoms with Gasteiger partial charge in [-0.15, -0.1) is 0 Å². The molecule has 5 nitrogen and oxygen atoms in total. The van der Waals surface area contributed by atoms with Crippen molar-refractivity contribution in [1.82, 2.24) is 5.32 Å². The van der Waals surface area contributed by atoms with Crippen molar-refractivity contribution in [2.75, 3.05) is 18.5 Å². The highest BCUT2D eigenvalue weighted by Gasteiger charge is 2.23. The minimum absolute atomic E-state index is 0.0514. The molecule has 108 valence electrons. The largest absolute Gasteiger partial charge is 0.368 e. The fraction of sp³-hybridized carbons (Fsp3) is 0.429. The Balaban J connectivity index is 1.80. The maximum Gasteiger partial charge on any atom is 0.249 e.